The van der Waals surface area contributed by atoms with E-state index in [1.807, 2.05) is 69.7 Å². The lowest BCUT2D eigenvalue weighted by atomic mass is 9.89. The van der Waals surface area contributed by atoms with Crippen molar-refractivity contribution in [3.63, 3.8) is 0 Å². The summed E-state index contributed by atoms with van der Waals surface area (Å²) in [6.45, 7) is 9.66. The molecule has 3 aromatic carbocycles. The van der Waals surface area contributed by atoms with Crippen LogP contribution < -0.4 is 18.5 Å². The molecule has 0 spiro atoms. The molecule has 0 unspecified atom stereocenters. The summed E-state index contributed by atoms with van der Waals surface area (Å²) in [7, 11) is -2.63. The molecular formula is C31H38FN3O7S. The Morgan fingerprint density at radius 2 is 1.74 bits per heavy atom. The summed E-state index contributed by atoms with van der Waals surface area (Å²) in [6, 6.07) is 15.6. The highest BCUT2D eigenvalue weighted by Gasteiger charge is 2.38. The highest BCUT2D eigenvalue weighted by atomic mass is 32.2. The molecule has 0 saturated carbocycles. The van der Waals surface area contributed by atoms with E-state index in [0.29, 0.717) is 28.4 Å². The van der Waals surface area contributed by atoms with Crippen LogP contribution >= 0.6 is 0 Å². The molecule has 0 aromatic heterocycles. The lowest BCUT2D eigenvalue weighted by molar-refractivity contribution is -0.117. The summed E-state index contributed by atoms with van der Waals surface area (Å²) >= 11 is 0. The number of carbonyl (C=O) groups is 2. The summed E-state index contributed by atoms with van der Waals surface area (Å²) in [5.74, 6) is -1.26. The number of hydrogen-bond donors (Lipinski definition) is 1. The maximum Gasteiger partial charge on any atom is 0.410 e. The van der Waals surface area contributed by atoms with Crippen LogP contribution in [0, 0.1) is 11.2 Å². The van der Waals surface area contributed by atoms with Crippen LogP contribution in [0.15, 0.2) is 54.6 Å². The van der Waals surface area contributed by atoms with Crippen LogP contribution in [0.3, 0.4) is 0 Å². The van der Waals surface area contributed by atoms with Gasteiger partial charge in [0.1, 0.15) is 35.9 Å². The maximum atomic E-state index is 16.2. The second kappa shape index (κ2) is 12.3. The molecule has 1 saturated heterocycles. The van der Waals surface area contributed by atoms with Gasteiger partial charge in [0.05, 0.1) is 6.61 Å². The maximum absolute atomic E-state index is 16.2. The van der Waals surface area contributed by atoms with Gasteiger partial charge in [0.25, 0.3) is 5.91 Å². The van der Waals surface area contributed by atoms with E-state index in [9.17, 15) is 18.0 Å². The van der Waals surface area contributed by atoms with Crippen LogP contribution in [-0.4, -0.2) is 57.7 Å². The third-order valence-corrected chi connectivity index (χ3v) is 8.09. The second-order valence-electron chi connectivity index (χ2n) is 12.3. The van der Waals surface area contributed by atoms with Gasteiger partial charge in [-0.15, -0.1) is 0 Å². The third kappa shape index (κ3) is 8.07. The zero-order chi connectivity index (χ0) is 31.6. The van der Waals surface area contributed by atoms with Crippen molar-refractivity contribution in [3.05, 3.63) is 66.0 Å². The number of benzene rings is 3. The van der Waals surface area contributed by atoms with Gasteiger partial charge >= 0.3 is 16.3 Å². The van der Waals surface area contributed by atoms with Gasteiger partial charge in [-0.25, -0.2) is 18.2 Å². The van der Waals surface area contributed by atoms with E-state index in [2.05, 4.69) is 0 Å². The van der Waals surface area contributed by atoms with Gasteiger partial charge < -0.3 is 19.1 Å². The summed E-state index contributed by atoms with van der Waals surface area (Å²) < 4.78 is 61.4. The van der Waals surface area contributed by atoms with Crippen molar-refractivity contribution < 1.29 is 36.6 Å². The number of nitrogens with zero attached hydrogens (tertiary/aromatic N) is 2. The monoisotopic (exact) mass is 615 g/mol. The fourth-order valence-electron chi connectivity index (χ4n) is 4.68. The van der Waals surface area contributed by atoms with Gasteiger partial charge in [-0.3, -0.25) is 4.79 Å². The first-order valence-electron chi connectivity index (χ1n) is 13.9. The average molecular weight is 616 g/mol. The van der Waals surface area contributed by atoms with Crippen LogP contribution in [0.5, 0.6) is 11.5 Å². The van der Waals surface area contributed by atoms with Crippen LogP contribution in [0.2, 0.25) is 0 Å². The Labute approximate surface area is 251 Å². The van der Waals surface area contributed by atoms with E-state index in [-0.39, 0.29) is 35.5 Å². The molecule has 10 nitrogen and oxygen atoms in total. The minimum Gasteiger partial charge on any atom is -0.494 e. The van der Waals surface area contributed by atoms with E-state index in [0.717, 1.165) is 5.56 Å². The highest BCUT2D eigenvalue weighted by Crippen LogP contribution is 2.40. The van der Waals surface area contributed by atoms with Crippen molar-refractivity contribution in [2.45, 2.75) is 53.2 Å². The lowest BCUT2D eigenvalue weighted by Crippen LogP contribution is -2.40. The van der Waals surface area contributed by atoms with E-state index in [1.54, 1.807) is 25.2 Å². The van der Waals surface area contributed by atoms with Gasteiger partial charge in [0, 0.05) is 19.0 Å². The van der Waals surface area contributed by atoms with Crippen molar-refractivity contribution in [3.8, 4) is 11.5 Å². The molecule has 1 aliphatic rings. The molecule has 1 aliphatic heterocycles. The standard InChI is InChI=1S/C31H38FN3O7S/c1-30(2,3)42-29(37)34(6)20-31(4,5)14-15-40-23-13-12-22-16-25(41-19-21-10-8-7-9-11-21)28(27(32)24(22)17-23)35-18-26(36)33-43(35,38)39/h7-13,16-17H,14-15,18-20H2,1-6H3,(H,33,36). The van der Waals surface area contributed by atoms with E-state index in [1.165, 1.54) is 11.0 Å². The zero-order valence-corrected chi connectivity index (χ0v) is 26.1. The first-order valence-corrected chi connectivity index (χ1v) is 15.3. The molecule has 43 heavy (non-hydrogen) atoms. The Hall–Kier alpha value is -4.06. The Kier molecular flexibility index (Phi) is 9.10. The molecule has 0 atom stereocenters. The number of carbonyl (C=O) groups excluding carboxylic acids is 2. The molecular weight excluding hydrogens is 577 g/mol. The highest BCUT2D eigenvalue weighted by molar-refractivity contribution is 7.92. The molecule has 1 fully saturated rings. The van der Waals surface area contributed by atoms with Gasteiger partial charge in [-0.05, 0) is 61.8 Å². The van der Waals surface area contributed by atoms with Crippen molar-refractivity contribution in [1.29, 1.82) is 0 Å². The molecule has 1 N–H and O–H groups in total. The Morgan fingerprint density at radius 3 is 2.37 bits per heavy atom. The molecule has 1 heterocycles. The van der Waals surface area contributed by atoms with Crippen molar-refractivity contribution in [2.24, 2.45) is 5.41 Å². The number of amides is 2. The number of anilines is 1. The normalized spacial score (nSPS) is 14.9. The Balaban J connectivity index is 1.55. The van der Waals surface area contributed by atoms with Crippen molar-refractivity contribution in [2.75, 3.05) is 31.0 Å². The number of nitrogens with one attached hydrogen (secondary N) is 1. The van der Waals surface area contributed by atoms with Crippen molar-refractivity contribution >= 4 is 38.7 Å². The number of ether oxygens (including phenoxy) is 3. The van der Waals surface area contributed by atoms with Gasteiger partial charge in [-0.1, -0.05) is 50.2 Å². The Bertz CT molecular complexity index is 1610. The Morgan fingerprint density at radius 1 is 1.05 bits per heavy atom. The molecule has 4 rings (SSSR count). The molecule has 232 valence electrons. The molecule has 2 amide bonds. The predicted octanol–water partition coefficient (Wildman–Crippen LogP) is 5.40. The number of fused-ring (bicyclic) bond motifs is 1. The second-order valence-corrected chi connectivity index (χ2v) is 13.9. The summed E-state index contributed by atoms with van der Waals surface area (Å²) in [4.78, 5) is 25.9. The summed E-state index contributed by atoms with van der Waals surface area (Å²) in [6.07, 6.45) is 0.171. The largest absolute Gasteiger partial charge is 0.494 e. The lowest BCUT2D eigenvalue weighted by Gasteiger charge is -2.31. The first kappa shape index (κ1) is 31.9. The minimum atomic E-state index is -4.31. The molecule has 3 aromatic rings. The summed E-state index contributed by atoms with van der Waals surface area (Å²) in [5.41, 5.74) is -0.458. The zero-order valence-electron chi connectivity index (χ0n) is 25.3. The van der Waals surface area contributed by atoms with E-state index < -0.39 is 40.2 Å². The number of rotatable bonds is 10. The summed E-state index contributed by atoms with van der Waals surface area (Å²) in [5, 5.41) is 0.574. The van der Waals surface area contributed by atoms with E-state index >= 15 is 4.39 Å². The van der Waals surface area contributed by atoms with Crippen molar-refractivity contribution in [1.82, 2.24) is 9.62 Å². The quantitative estimate of drug-likeness (QED) is 0.325. The average Bonchev–Trinajstić information content (AvgIpc) is 3.18. The number of halogens is 1. The smallest absolute Gasteiger partial charge is 0.410 e. The molecule has 0 aliphatic carbocycles. The van der Waals surface area contributed by atoms with Gasteiger partial charge in [0.2, 0.25) is 0 Å². The van der Waals surface area contributed by atoms with E-state index in [4.69, 9.17) is 14.2 Å². The molecule has 12 heteroatoms. The minimum absolute atomic E-state index is 0.0153. The van der Waals surface area contributed by atoms with Crippen LogP contribution in [0.25, 0.3) is 10.8 Å². The fourth-order valence-corrected chi connectivity index (χ4v) is 5.84. The fraction of sp³-hybridized carbons (Fsp3) is 0.419. The number of hydrogen-bond acceptors (Lipinski definition) is 7. The van der Waals surface area contributed by atoms with Crippen LogP contribution in [0.4, 0.5) is 14.9 Å². The molecule has 0 bridgehead atoms. The van der Waals surface area contributed by atoms with Crippen LogP contribution in [-0.2, 0) is 26.3 Å². The van der Waals surface area contributed by atoms with Crippen LogP contribution in [0.1, 0.15) is 46.6 Å². The SMILES string of the molecule is CN(CC(C)(C)CCOc1ccc2cc(OCc3ccccc3)c(N3CC(=O)NS3(=O)=O)c(F)c2c1)C(=O)OC(C)(C)C. The first-order chi connectivity index (χ1) is 20.0. The predicted molar refractivity (Wildman–Crippen MR) is 162 cm³/mol. The van der Waals surface area contributed by atoms with Gasteiger partial charge in [-0.2, -0.15) is 8.42 Å². The topological polar surface area (TPSA) is 114 Å². The third-order valence-electron chi connectivity index (χ3n) is 6.71. The van der Waals surface area contributed by atoms with Gasteiger partial charge in [0.15, 0.2) is 5.82 Å². The molecule has 0 radical (unpaired) electrons.